The zero-order chi connectivity index (χ0) is 33.0. The number of piperidine rings is 1. The van der Waals surface area contributed by atoms with Gasteiger partial charge in [0.05, 0.1) is 18.2 Å². The Morgan fingerprint density at radius 2 is 1.67 bits per heavy atom. The van der Waals surface area contributed by atoms with Crippen molar-refractivity contribution in [2.45, 2.75) is 90.1 Å². The van der Waals surface area contributed by atoms with Gasteiger partial charge < -0.3 is 39.4 Å². The Morgan fingerprint density at radius 1 is 0.957 bits per heavy atom. The molecule has 0 bridgehead atoms. The second kappa shape index (κ2) is 14.0. The van der Waals surface area contributed by atoms with E-state index in [1.165, 1.54) is 18.2 Å². The fourth-order valence-corrected chi connectivity index (χ4v) is 6.46. The van der Waals surface area contributed by atoms with E-state index in [9.17, 15) is 24.6 Å². The maximum Gasteiger partial charge on any atom is 0.410 e. The Balaban J connectivity index is 1.29. The van der Waals surface area contributed by atoms with Gasteiger partial charge >= 0.3 is 6.09 Å². The monoisotopic (exact) mass is 634 g/mol. The van der Waals surface area contributed by atoms with Crippen molar-refractivity contribution in [3.63, 3.8) is 0 Å². The molecule has 3 N–H and O–H groups in total. The highest BCUT2D eigenvalue weighted by atomic mass is 16.6. The zero-order valence-corrected chi connectivity index (χ0v) is 27.3. The number of carbonyl (C=O) groups is 2. The number of benzene rings is 2. The smallest absolute Gasteiger partial charge is 0.410 e. The molecular formula is C35H46N4O7. The van der Waals surface area contributed by atoms with E-state index in [1.807, 2.05) is 39.0 Å². The van der Waals surface area contributed by atoms with E-state index >= 15 is 0 Å². The van der Waals surface area contributed by atoms with E-state index < -0.39 is 11.7 Å². The fourth-order valence-electron chi connectivity index (χ4n) is 6.46. The summed E-state index contributed by atoms with van der Waals surface area (Å²) in [6.45, 7) is 8.18. The molecule has 2 fully saturated rings. The number of nitrogens with zero attached hydrogens (tertiary/aromatic N) is 3. The molecule has 5 rings (SSSR count). The maximum absolute atomic E-state index is 13.4. The van der Waals surface area contributed by atoms with E-state index in [2.05, 4.69) is 10.2 Å². The average molecular weight is 635 g/mol. The summed E-state index contributed by atoms with van der Waals surface area (Å²) in [5.74, 6) is -0.0584. The third-order valence-corrected chi connectivity index (χ3v) is 8.91. The van der Waals surface area contributed by atoms with Gasteiger partial charge in [0, 0.05) is 62.3 Å². The quantitative estimate of drug-likeness (QED) is 0.280. The molecule has 0 atom stereocenters. The Hall–Kier alpha value is -4.25. The molecule has 2 aliphatic rings. The molecule has 3 aromatic rings. The maximum atomic E-state index is 13.4. The standard InChI is InChI=1S/C35H46N4O7/c1-35(2,3)46-34(44)39(22-23-9-12-30(40)31(41)19-23)25-13-15-37(16-14-25)17-18-38-29-20-26(45-4)10-11-27(29)28(21-32(38)42)33(43)36-24-7-5-6-8-24/h9-12,19-21,24-25,40-41H,5-8,13-18,22H2,1-4H3,(H,36,43). The molecular weight excluding hydrogens is 588 g/mol. The lowest BCUT2D eigenvalue weighted by atomic mass is 10.0. The third kappa shape index (κ3) is 7.93. The number of pyridine rings is 1. The largest absolute Gasteiger partial charge is 0.504 e. The second-order valence-corrected chi connectivity index (χ2v) is 13.4. The molecule has 11 nitrogen and oxygen atoms in total. The normalized spacial score (nSPS) is 16.4. The van der Waals surface area contributed by atoms with E-state index in [0.717, 1.165) is 25.7 Å². The fraction of sp³-hybridized carbons (Fsp3) is 0.514. The van der Waals surface area contributed by atoms with Crippen LogP contribution in [0.2, 0.25) is 0 Å². The van der Waals surface area contributed by atoms with Gasteiger partial charge in [0.15, 0.2) is 11.5 Å². The van der Waals surface area contributed by atoms with Crippen LogP contribution in [-0.2, 0) is 17.8 Å². The van der Waals surface area contributed by atoms with Gasteiger partial charge in [0.25, 0.3) is 11.5 Å². The Bertz CT molecular complexity index is 1620. The summed E-state index contributed by atoms with van der Waals surface area (Å²) in [5.41, 5.74) is 0.826. The Morgan fingerprint density at radius 3 is 2.33 bits per heavy atom. The van der Waals surface area contributed by atoms with Crippen molar-refractivity contribution in [3.8, 4) is 17.2 Å². The minimum atomic E-state index is -0.668. The van der Waals surface area contributed by atoms with Crippen LogP contribution in [0.3, 0.4) is 0 Å². The molecule has 0 radical (unpaired) electrons. The number of phenolic OH excluding ortho intramolecular Hbond substituents is 2. The number of fused-ring (bicyclic) bond motifs is 1. The third-order valence-electron chi connectivity index (χ3n) is 8.91. The number of amides is 2. The second-order valence-electron chi connectivity index (χ2n) is 13.4. The predicted molar refractivity (Wildman–Crippen MR) is 175 cm³/mol. The van der Waals surface area contributed by atoms with Crippen LogP contribution in [0.4, 0.5) is 4.79 Å². The van der Waals surface area contributed by atoms with Gasteiger partial charge in [0.2, 0.25) is 0 Å². The Labute approximate surface area is 269 Å². The average Bonchev–Trinajstić information content (AvgIpc) is 3.53. The van der Waals surface area contributed by atoms with Crippen LogP contribution in [0.25, 0.3) is 10.9 Å². The Kier molecular flexibility index (Phi) is 10.1. The number of hydrogen-bond donors (Lipinski definition) is 3. The first kappa shape index (κ1) is 33.1. The molecule has 2 heterocycles. The number of aromatic hydroxyl groups is 2. The van der Waals surface area contributed by atoms with Gasteiger partial charge in [0.1, 0.15) is 11.4 Å². The minimum absolute atomic E-state index is 0.0903. The molecule has 46 heavy (non-hydrogen) atoms. The zero-order valence-electron chi connectivity index (χ0n) is 27.3. The number of aromatic nitrogens is 1. The summed E-state index contributed by atoms with van der Waals surface area (Å²) in [6, 6.07) is 11.5. The van der Waals surface area contributed by atoms with Crippen LogP contribution < -0.4 is 15.6 Å². The van der Waals surface area contributed by atoms with Crippen molar-refractivity contribution in [1.29, 1.82) is 0 Å². The summed E-state index contributed by atoms with van der Waals surface area (Å²) in [7, 11) is 1.58. The molecule has 1 aliphatic carbocycles. The number of methoxy groups -OCH3 is 1. The van der Waals surface area contributed by atoms with Crippen molar-refractivity contribution >= 4 is 22.9 Å². The van der Waals surface area contributed by atoms with Crippen LogP contribution in [0, 0.1) is 0 Å². The highest BCUT2D eigenvalue weighted by Gasteiger charge is 2.31. The molecule has 2 aromatic carbocycles. The van der Waals surface area contributed by atoms with Crippen LogP contribution in [-0.4, -0.2) is 81.0 Å². The molecule has 1 saturated heterocycles. The number of likely N-dealkylation sites (tertiary alicyclic amines) is 1. The topological polar surface area (TPSA) is 134 Å². The van der Waals surface area contributed by atoms with Crippen LogP contribution in [0.1, 0.15) is 75.2 Å². The van der Waals surface area contributed by atoms with Crippen molar-refractivity contribution < 1.29 is 29.3 Å². The van der Waals surface area contributed by atoms with E-state index in [0.29, 0.717) is 66.8 Å². The van der Waals surface area contributed by atoms with Gasteiger partial charge in [-0.05, 0) is 76.3 Å². The first-order valence-electron chi connectivity index (χ1n) is 16.2. The van der Waals surface area contributed by atoms with Gasteiger partial charge in [-0.3, -0.25) is 9.59 Å². The molecule has 11 heteroatoms. The molecule has 0 spiro atoms. The van der Waals surface area contributed by atoms with Gasteiger partial charge in [-0.25, -0.2) is 4.79 Å². The number of rotatable bonds is 9. The van der Waals surface area contributed by atoms with Gasteiger partial charge in [-0.1, -0.05) is 18.9 Å². The summed E-state index contributed by atoms with van der Waals surface area (Å²) < 4.78 is 12.9. The first-order chi connectivity index (χ1) is 21.9. The summed E-state index contributed by atoms with van der Waals surface area (Å²) in [5, 5.41) is 23.6. The lowest BCUT2D eigenvalue weighted by Gasteiger charge is -2.39. The van der Waals surface area contributed by atoms with Crippen molar-refractivity contribution in [3.05, 3.63) is 63.9 Å². The molecule has 0 unspecified atom stereocenters. The molecule has 2 amide bonds. The molecule has 248 valence electrons. The number of carbonyl (C=O) groups excluding carboxylic acids is 2. The lowest BCUT2D eigenvalue weighted by Crippen LogP contribution is -2.49. The van der Waals surface area contributed by atoms with Crippen LogP contribution in [0.5, 0.6) is 17.2 Å². The number of nitrogens with one attached hydrogen (secondary N) is 1. The van der Waals surface area contributed by atoms with E-state index in [1.54, 1.807) is 22.6 Å². The summed E-state index contributed by atoms with van der Waals surface area (Å²) in [4.78, 5) is 44.0. The van der Waals surface area contributed by atoms with Gasteiger partial charge in [-0.2, -0.15) is 0 Å². The SMILES string of the molecule is COc1ccc2c(C(=O)NC3CCCC3)cc(=O)n(CCN3CCC(N(Cc4ccc(O)c(O)c4)C(=O)OC(C)(C)C)CC3)c2c1. The highest BCUT2D eigenvalue weighted by Crippen LogP contribution is 2.29. The summed E-state index contributed by atoms with van der Waals surface area (Å²) in [6.07, 6.45) is 5.10. The van der Waals surface area contributed by atoms with Gasteiger partial charge in [-0.15, -0.1) is 0 Å². The van der Waals surface area contributed by atoms with E-state index in [4.69, 9.17) is 9.47 Å². The van der Waals surface area contributed by atoms with E-state index in [-0.39, 0.29) is 41.6 Å². The minimum Gasteiger partial charge on any atom is -0.504 e. The summed E-state index contributed by atoms with van der Waals surface area (Å²) >= 11 is 0. The van der Waals surface area contributed by atoms with Crippen molar-refractivity contribution in [1.82, 2.24) is 19.7 Å². The highest BCUT2D eigenvalue weighted by molar-refractivity contribution is 6.06. The first-order valence-corrected chi connectivity index (χ1v) is 16.2. The molecule has 1 aliphatic heterocycles. The number of hydrogen-bond acceptors (Lipinski definition) is 8. The van der Waals surface area contributed by atoms with Crippen molar-refractivity contribution in [2.24, 2.45) is 0 Å². The van der Waals surface area contributed by atoms with Crippen LogP contribution in [0.15, 0.2) is 47.3 Å². The number of phenols is 2. The lowest BCUT2D eigenvalue weighted by molar-refractivity contribution is 0.00563. The molecule has 1 aromatic heterocycles. The predicted octanol–water partition coefficient (Wildman–Crippen LogP) is 5.00. The van der Waals surface area contributed by atoms with Crippen molar-refractivity contribution in [2.75, 3.05) is 26.7 Å². The number of ether oxygens (including phenoxy) is 2. The van der Waals surface area contributed by atoms with Crippen LogP contribution >= 0.6 is 0 Å². The molecule has 1 saturated carbocycles.